The Kier molecular flexibility index (Phi) is 4.35. The molecule has 2 heterocycles. The number of hydrogen-bond donors (Lipinski definition) is 1. The van der Waals surface area contributed by atoms with E-state index in [0.717, 1.165) is 36.2 Å². The van der Waals surface area contributed by atoms with Crippen LogP contribution < -0.4 is 10.1 Å². The molecule has 1 saturated heterocycles. The van der Waals surface area contributed by atoms with Crippen LogP contribution in [0.2, 0.25) is 0 Å². The van der Waals surface area contributed by atoms with E-state index in [-0.39, 0.29) is 11.8 Å². The quantitative estimate of drug-likeness (QED) is 0.771. The van der Waals surface area contributed by atoms with Gasteiger partial charge in [-0.3, -0.25) is 4.79 Å². The Morgan fingerprint density at radius 2 is 2.28 bits per heavy atom. The van der Waals surface area contributed by atoms with Gasteiger partial charge in [0.15, 0.2) is 0 Å². The summed E-state index contributed by atoms with van der Waals surface area (Å²) in [6, 6.07) is 11.6. The van der Waals surface area contributed by atoms with E-state index in [1.807, 2.05) is 36.4 Å². The third-order valence-electron chi connectivity index (χ3n) is 4.22. The maximum Gasteiger partial charge on any atom is 0.311 e. The number of oxazole rings is 1. The van der Waals surface area contributed by atoms with E-state index < -0.39 is 0 Å². The predicted molar refractivity (Wildman–Crippen MR) is 92.8 cm³/mol. The second kappa shape index (κ2) is 6.94. The first-order chi connectivity index (χ1) is 12.3. The zero-order chi connectivity index (χ0) is 17.1. The van der Waals surface area contributed by atoms with E-state index >= 15 is 0 Å². The average molecular weight is 338 g/mol. The lowest BCUT2D eigenvalue weighted by Crippen LogP contribution is -2.12. The van der Waals surface area contributed by atoms with Gasteiger partial charge >= 0.3 is 5.91 Å². The van der Waals surface area contributed by atoms with Gasteiger partial charge in [0.25, 0.3) is 5.89 Å². The van der Waals surface area contributed by atoms with Crippen LogP contribution in [0.1, 0.15) is 17.1 Å². The minimum atomic E-state index is -0.377. The van der Waals surface area contributed by atoms with Gasteiger partial charge in [0, 0.05) is 23.6 Å². The normalized spacial score (nSPS) is 16.9. The van der Waals surface area contributed by atoms with E-state index in [2.05, 4.69) is 10.3 Å². The zero-order valence-electron chi connectivity index (χ0n) is 13.6. The van der Waals surface area contributed by atoms with Crippen LogP contribution >= 0.6 is 0 Å². The summed E-state index contributed by atoms with van der Waals surface area (Å²) in [5.41, 5.74) is 0.678. The topological polar surface area (TPSA) is 73.6 Å². The minimum absolute atomic E-state index is 0.0379. The SMILES string of the molecule is O=C(Nc1ccc2c(OCC3CCOC3)cccc2c1)c1ncco1. The highest BCUT2D eigenvalue weighted by Gasteiger charge is 2.17. The fourth-order valence-corrected chi connectivity index (χ4v) is 2.90. The Balaban J connectivity index is 1.51. The summed E-state index contributed by atoms with van der Waals surface area (Å²) >= 11 is 0. The number of fused-ring (bicyclic) bond motifs is 1. The molecule has 6 heteroatoms. The van der Waals surface area contributed by atoms with E-state index in [0.29, 0.717) is 18.2 Å². The number of carbonyl (C=O) groups is 1. The summed E-state index contributed by atoms with van der Waals surface area (Å²) in [5, 5.41) is 4.78. The van der Waals surface area contributed by atoms with Crippen molar-refractivity contribution in [2.75, 3.05) is 25.1 Å². The molecule has 128 valence electrons. The highest BCUT2D eigenvalue weighted by Crippen LogP contribution is 2.29. The zero-order valence-corrected chi connectivity index (χ0v) is 13.6. The van der Waals surface area contributed by atoms with Crippen molar-refractivity contribution in [1.82, 2.24) is 4.98 Å². The Hall–Kier alpha value is -2.86. The molecule has 1 aromatic heterocycles. The predicted octanol–water partition coefficient (Wildman–Crippen LogP) is 3.50. The lowest BCUT2D eigenvalue weighted by atomic mass is 10.1. The van der Waals surface area contributed by atoms with Crippen molar-refractivity contribution in [3.63, 3.8) is 0 Å². The van der Waals surface area contributed by atoms with Crippen LogP contribution in [0.3, 0.4) is 0 Å². The van der Waals surface area contributed by atoms with Crippen LogP contribution in [0.5, 0.6) is 5.75 Å². The summed E-state index contributed by atoms with van der Waals surface area (Å²) in [5.74, 6) is 0.957. The van der Waals surface area contributed by atoms with Crippen LogP contribution in [0.15, 0.2) is 53.3 Å². The van der Waals surface area contributed by atoms with Gasteiger partial charge in [-0.25, -0.2) is 4.98 Å². The lowest BCUT2D eigenvalue weighted by Gasteiger charge is -2.13. The third kappa shape index (κ3) is 3.49. The molecule has 1 unspecified atom stereocenters. The van der Waals surface area contributed by atoms with E-state index in [9.17, 15) is 4.79 Å². The van der Waals surface area contributed by atoms with Crippen LogP contribution in [-0.2, 0) is 4.74 Å². The molecule has 6 nitrogen and oxygen atoms in total. The van der Waals surface area contributed by atoms with Gasteiger partial charge in [-0.2, -0.15) is 0 Å². The third-order valence-corrected chi connectivity index (χ3v) is 4.22. The van der Waals surface area contributed by atoms with E-state index in [1.54, 1.807) is 0 Å². The first kappa shape index (κ1) is 15.7. The summed E-state index contributed by atoms with van der Waals surface area (Å²) < 4.78 is 16.4. The lowest BCUT2D eigenvalue weighted by molar-refractivity contribution is 0.0990. The summed E-state index contributed by atoms with van der Waals surface area (Å²) in [4.78, 5) is 15.9. The fourth-order valence-electron chi connectivity index (χ4n) is 2.90. The van der Waals surface area contributed by atoms with Gasteiger partial charge in [-0.15, -0.1) is 0 Å². The number of carbonyl (C=O) groups excluding carboxylic acids is 1. The van der Waals surface area contributed by atoms with Crippen LogP contribution in [-0.4, -0.2) is 30.7 Å². The average Bonchev–Trinajstić information content (AvgIpc) is 3.33. The minimum Gasteiger partial charge on any atom is -0.493 e. The molecule has 1 aliphatic rings. The first-order valence-electron chi connectivity index (χ1n) is 8.24. The van der Waals surface area contributed by atoms with Crippen molar-refractivity contribution in [3.05, 3.63) is 54.7 Å². The Bertz CT molecular complexity index is 870. The number of ether oxygens (including phenoxy) is 2. The van der Waals surface area contributed by atoms with E-state index in [4.69, 9.17) is 13.9 Å². The molecule has 1 atom stereocenters. The highest BCUT2D eigenvalue weighted by molar-refractivity contribution is 6.02. The van der Waals surface area contributed by atoms with Crippen molar-refractivity contribution >= 4 is 22.4 Å². The molecule has 0 saturated carbocycles. The number of nitrogens with zero attached hydrogens (tertiary/aromatic N) is 1. The van der Waals surface area contributed by atoms with Crippen molar-refractivity contribution in [3.8, 4) is 5.75 Å². The number of nitrogens with one attached hydrogen (secondary N) is 1. The number of anilines is 1. The van der Waals surface area contributed by atoms with Crippen LogP contribution in [0.4, 0.5) is 5.69 Å². The van der Waals surface area contributed by atoms with Gasteiger partial charge in [-0.05, 0) is 36.1 Å². The number of aromatic nitrogens is 1. The van der Waals surface area contributed by atoms with Gasteiger partial charge in [0.05, 0.1) is 19.4 Å². The summed E-state index contributed by atoms with van der Waals surface area (Å²) in [6.45, 7) is 2.24. The Morgan fingerprint density at radius 3 is 3.08 bits per heavy atom. The molecular weight excluding hydrogens is 320 g/mol. The van der Waals surface area contributed by atoms with Crippen molar-refractivity contribution in [1.29, 1.82) is 0 Å². The molecule has 1 fully saturated rings. The van der Waals surface area contributed by atoms with Gasteiger partial charge in [0.1, 0.15) is 12.0 Å². The molecule has 2 aromatic carbocycles. The van der Waals surface area contributed by atoms with Crippen molar-refractivity contribution < 1.29 is 18.7 Å². The molecule has 1 N–H and O–H groups in total. The second-order valence-corrected chi connectivity index (χ2v) is 6.02. The number of hydrogen-bond acceptors (Lipinski definition) is 5. The second-order valence-electron chi connectivity index (χ2n) is 6.02. The molecule has 1 aliphatic heterocycles. The maximum absolute atomic E-state index is 12.0. The van der Waals surface area contributed by atoms with Gasteiger partial charge in [-0.1, -0.05) is 12.1 Å². The fraction of sp³-hybridized carbons (Fsp3) is 0.263. The first-order valence-corrected chi connectivity index (χ1v) is 8.24. The van der Waals surface area contributed by atoms with Crippen LogP contribution in [0, 0.1) is 5.92 Å². The molecule has 25 heavy (non-hydrogen) atoms. The van der Waals surface area contributed by atoms with E-state index in [1.165, 1.54) is 12.5 Å². The smallest absolute Gasteiger partial charge is 0.311 e. The molecule has 0 spiro atoms. The monoisotopic (exact) mass is 338 g/mol. The molecule has 0 bridgehead atoms. The molecular formula is C19H18N2O4. The molecule has 3 aromatic rings. The number of rotatable bonds is 5. The largest absolute Gasteiger partial charge is 0.493 e. The standard InChI is InChI=1S/C19H18N2O4/c22-18(19-20-7-9-24-19)21-15-4-5-16-14(10-15)2-1-3-17(16)25-12-13-6-8-23-11-13/h1-5,7,9-10,13H,6,8,11-12H2,(H,21,22). The molecule has 0 aliphatic carbocycles. The number of amides is 1. The summed E-state index contributed by atoms with van der Waals surface area (Å²) in [7, 11) is 0. The molecule has 4 rings (SSSR count). The van der Waals surface area contributed by atoms with Gasteiger partial charge < -0.3 is 19.2 Å². The van der Waals surface area contributed by atoms with Crippen molar-refractivity contribution in [2.24, 2.45) is 5.92 Å². The van der Waals surface area contributed by atoms with Crippen molar-refractivity contribution in [2.45, 2.75) is 6.42 Å². The Morgan fingerprint density at radius 1 is 1.32 bits per heavy atom. The molecule has 0 radical (unpaired) electrons. The Labute approximate surface area is 144 Å². The van der Waals surface area contributed by atoms with Gasteiger partial charge in [0.2, 0.25) is 0 Å². The maximum atomic E-state index is 12.0. The molecule has 1 amide bonds. The highest BCUT2D eigenvalue weighted by atomic mass is 16.5. The van der Waals surface area contributed by atoms with Crippen LogP contribution in [0.25, 0.3) is 10.8 Å². The number of benzene rings is 2. The summed E-state index contributed by atoms with van der Waals surface area (Å²) in [6.07, 6.45) is 3.85.